The van der Waals surface area contributed by atoms with Crippen LogP contribution >= 0.6 is 15.9 Å². The number of amides is 1. The van der Waals surface area contributed by atoms with Gasteiger partial charge in [0.15, 0.2) is 0 Å². The third-order valence-electron chi connectivity index (χ3n) is 2.96. The normalized spacial score (nSPS) is 17.9. The predicted octanol–water partition coefficient (Wildman–Crippen LogP) is 2.21. The molecule has 1 aromatic rings. The summed E-state index contributed by atoms with van der Waals surface area (Å²) in [5, 5.41) is 12.5. The summed E-state index contributed by atoms with van der Waals surface area (Å²) < 4.78 is 0.353. The summed E-state index contributed by atoms with van der Waals surface area (Å²) in [6, 6.07) is 1.35. The molecule has 1 aliphatic rings. The summed E-state index contributed by atoms with van der Waals surface area (Å²) in [6.45, 7) is 0.604. The van der Waals surface area contributed by atoms with E-state index in [1.165, 1.54) is 17.2 Å². The molecule has 8 nitrogen and oxygen atoms in total. The highest BCUT2D eigenvalue weighted by atomic mass is 79.9. The minimum absolute atomic E-state index is 0.0429. The number of nitrogens with zero attached hydrogens (tertiary/aromatic N) is 5. The zero-order valence-electron chi connectivity index (χ0n) is 10.2. The Hall–Kier alpha value is -2.12. The molecule has 0 saturated carbocycles. The summed E-state index contributed by atoms with van der Waals surface area (Å²) in [5.41, 5.74) is 8.32. The lowest BCUT2D eigenvalue weighted by molar-refractivity contribution is -0.117. The lowest BCUT2D eigenvalue weighted by Gasteiger charge is -2.16. The van der Waals surface area contributed by atoms with E-state index >= 15 is 0 Å². The summed E-state index contributed by atoms with van der Waals surface area (Å²) in [6.07, 6.45) is 1.62. The van der Waals surface area contributed by atoms with E-state index in [0.29, 0.717) is 16.8 Å². The van der Waals surface area contributed by atoms with Crippen LogP contribution < -0.4 is 4.90 Å². The maximum atomic E-state index is 11.9. The second kappa shape index (κ2) is 5.89. The first-order valence-corrected chi connectivity index (χ1v) is 6.52. The maximum absolute atomic E-state index is 11.9. The average molecular weight is 340 g/mol. The van der Waals surface area contributed by atoms with E-state index in [1.807, 2.05) is 0 Å². The molecule has 1 amide bonds. The molecule has 0 spiro atoms. The molecule has 2 heterocycles. The van der Waals surface area contributed by atoms with Crippen molar-refractivity contribution in [2.24, 2.45) is 11.0 Å². The molecule has 1 fully saturated rings. The van der Waals surface area contributed by atoms with Crippen molar-refractivity contribution in [1.82, 2.24) is 4.98 Å². The first-order valence-electron chi connectivity index (χ1n) is 5.73. The molecule has 9 heteroatoms. The van der Waals surface area contributed by atoms with Gasteiger partial charge < -0.3 is 5.11 Å². The Morgan fingerprint density at radius 3 is 3.10 bits per heavy atom. The van der Waals surface area contributed by atoms with Crippen molar-refractivity contribution in [3.05, 3.63) is 32.7 Å². The SMILES string of the molecule is [N-]=[N+]=NCC1CC(=O)N(c2cc(C(=O)O)c(Br)cn2)C1. The van der Waals surface area contributed by atoms with Gasteiger partial charge in [0.2, 0.25) is 5.91 Å². The van der Waals surface area contributed by atoms with Gasteiger partial charge in [-0.25, -0.2) is 9.78 Å². The van der Waals surface area contributed by atoms with Crippen LogP contribution in [-0.4, -0.2) is 35.1 Å². The first kappa shape index (κ1) is 14.3. The maximum Gasteiger partial charge on any atom is 0.337 e. The molecule has 2 rings (SSSR count). The number of pyridine rings is 1. The molecule has 1 N–H and O–H groups in total. The van der Waals surface area contributed by atoms with Gasteiger partial charge in [0.25, 0.3) is 0 Å². The average Bonchev–Trinajstić information content (AvgIpc) is 2.78. The molecular weight excluding hydrogens is 330 g/mol. The highest BCUT2D eigenvalue weighted by Gasteiger charge is 2.31. The molecule has 0 aliphatic carbocycles. The van der Waals surface area contributed by atoms with Crippen molar-refractivity contribution in [2.75, 3.05) is 18.0 Å². The number of aromatic nitrogens is 1. The van der Waals surface area contributed by atoms with Gasteiger partial charge in [-0.15, -0.1) is 0 Å². The molecule has 20 heavy (non-hydrogen) atoms. The number of carboxylic acids is 1. The number of halogens is 1. The highest BCUT2D eigenvalue weighted by molar-refractivity contribution is 9.10. The van der Waals surface area contributed by atoms with Crippen LogP contribution in [0.1, 0.15) is 16.8 Å². The number of hydrogen-bond acceptors (Lipinski definition) is 4. The van der Waals surface area contributed by atoms with Gasteiger partial charge in [-0.05, 0) is 33.4 Å². The van der Waals surface area contributed by atoms with E-state index in [2.05, 4.69) is 30.9 Å². The van der Waals surface area contributed by atoms with E-state index < -0.39 is 5.97 Å². The van der Waals surface area contributed by atoms with E-state index in [-0.39, 0.29) is 30.4 Å². The van der Waals surface area contributed by atoms with E-state index in [0.717, 1.165) is 0 Å². The molecule has 1 atom stereocenters. The zero-order chi connectivity index (χ0) is 14.7. The van der Waals surface area contributed by atoms with Crippen LogP contribution in [0.25, 0.3) is 10.4 Å². The zero-order valence-corrected chi connectivity index (χ0v) is 11.8. The highest BCUT2D eigenvalue weighted by Crippen LogP contribution is 2.26. The van der Waals surface area contributed by atoms with Crippen LogP contribution in [0.4, 0.5) is 5.82 Å². The fourth-order valence-corrected chi connectivity index (χ4v) is 2.40. The standard InChI is InChI=1S/C11H10BrN5O3/c12-8-4-14-9(2-7(8)11(19)20)17-5-6(1-10(17)18)3-15-16-13/h2,4,6H,1,3,5H2,(H,19,20). The van der Waals surface area contributed by atoms with Gasteiger partial charge in [-0.2, -0.15) is 0 Å². The van der Waals surface area contributed by atoms with Crippen molar-refractivity contribution in [2.45, 2.75) is 6.42 Å². The molecule has 0 radical (unpaired) electrons. The molecule has 1 saturated heterocycles. The fourth-order valence-electron chi connectivity index (χ4n) is 2.02. The molecule has 1 unspecified atom stereocenters. The third-order valence-corrected chi connectivity index (χ3v) is 3.59. The van der Waals surface area contributed by atoms with E-state index in [9.17, 15) is 9.59 Å². The Kier molecular flexibility index (Phi) is 4.21. The smallest absolute Gasteiger partial charge is 0.337 e. The molecule has 0 aromatic carbocycles. The Morgan fingerprint density at radius 2 is 2.45 bits per heavy atom. The number of carboxylic acid groups (broad SMARTS) is 1. The van der Waals surface area contributed by atoms with E-state index in [1.54, 1.807) is 0 Å². The minimum atomic E-state index is -1.10. The number of carbonyl (C=O) groups is 2. The van der Waals surface area contributed by atoms with Crippen molar-refractivity contribution < 1.29 is 14.7 Å². The van der Waals surface area contributed by atoms with Crippen molar-refractivity contribution >= 4 is 33.6 Å². The molecular formula is C11H10BrN5O3. The van der Waals surface area contributed by atoms with Crippen molar-refractivity contribution in [1.29, 1.82) is 0 Å². The van der Waals surface area contributed by atoms with Crippen molar-refractivity contribution in [3.63, 3.8) is 0 Å². The number of azide groups is 1. The van der Waals surface area contributed by atoms with Crippen LogP contribution in [0.3, 0.4) is 0 Å². The van der Waals surface area contributed by atoms with Gasteiger partial charge in [-0.1, -0.05) is 5.11 Å². The second-order valence-electron chi connectivity index (χ2n) is 4.32. The summed E-state index contributed by atoms with van der Waals surface area (Å²) in [4.78, 5) is 31.1. The third kappa shape index (κ3) is 2.89. The fraction of sp³-hybridized carbons (Fsp3) is 0.364. The summed E-state index contributed by atoms with van der Waals surface area (Å²) in [7, 11) is 0. The summed E-state index contributed by atoms with van der Waals surface area (Å²) in [5.74, 6) is -1.04. The van der Waals surface area contributed by atoms with Crippen LogP contribution in [0, 0.1) is 5.92 Å². The lowest BCUT2D eigenvalue weighted by atomic mass is 10.1. The first-order chi connectivity index (χ1) is 9.52. The number of hydrogen-bond donors (Lipinski definition) is 1. The number of aromatic carboxylic acids is 1. The van der Waals surface area contributed by atoms with Gasteiger partial charge >= 0.3 is 5.97 Å². The lowest BCUT2D eigenvalue weighted by Crippen LogP contribution is -2.26. The summed E-state index contributed by atoms with van der Waals surface area (Å²) >= 11 is 3.10. The monoisotopic (exact) mass is 339 g/mol. The molecule has 1 aromatic heterocycles. The van der Waals surface area contributed by atoms with Gasteiger partial charge in [-0.3, -0.25) is 9.69 Å². The Labute approximate surface area is 122 Å². The second-order valence-corrected chi connectivity index (χ2v) is 5.17. The number of anilines is 1. The van der Waals surface area contributed by atoms with Gasteiger partial charge in [0.1, 0.15) is 5.82 Å². The molecule has 1 aliphatic heterocycles. The van der Waals surface area contributed by atoms with Crippen LogP contribution in [0.15, 0.2) is 21.9 Å². The Balaban J connectivity index is 2.24. The predicted molar refractivity (Wildman–Crippen MR) is 73.4 cm³/mol. The molecule has 0 bridgehead atoms. The molecule has 104 valence electrons. The Bertz CT molecular complexity index is 614. The largest absolute Gasteiger partial charge is 0.478 e. The van der Waals surface area contributed by atoms with E-state index in [4.69, 9.17) is 10.6 Å². The van der Waals surface area contributed by atoms with Crippen LogP contribution in [0.2, 0.25) is 0 Å². The van der Waals surface area contributed by atoms with Crippen LogP contribution in [-0.2, 0) is 4.79 Å². The van der Waals surface area contributed by atoms with Gasteiger partial charge in [0.05, 0.1) is 10.0 Å². The quantitative estimate of drug-likeness (QED) is 0.513. The number of rotatable bonds is 4. The minimum Gasteiger partial charge on any atom is -0.478 e. The Morgan fingerprint density at radius 1 is 1.70 bits per heavy atom. The van der Waals surface area contributed by atoms with Gasteiger partial charge in [0, 0.05) is 30.6 Å². The topological polar surface area (TPSA) is 119 Å². The number of carbonyl (C=O) groups excluding carboxylic acids is 1. The van der Waals surface area contributed by atoms with Crippen LogP contribution in [0.5, 0.6) is 0 Å². The van der Waals surface area contributed by atoms with Crippen molar-refractivity contribution in [3.8, 4) is 0 Å².